The molecule has 4 aliphatic rings. The first kappa shape index (κ1) is 16.2. The van der Waals surface area contributed by atoms with Crippen molar-refractivity contribution in [3.05, 3.63) is 0 Å². The minimum atomic E-state index is 0.663. The van der Waals surface area contributed by atoms with E-state index in [1.807, 2.05) is 10.8 Å². The molecule has 0 N–H and O–H groups in total. The van der Waals surface area contributed by atoms with Gasteiger partial charge < -0.3 is 0 Å². The number of rotatable bonds is 1. The summed E-state index contributed by atoms with van der Waals surface area (Å²) in [5.41, 5.74) is 1.35. The molecule has 4 saturated carbocycles. The molecule has 126 valence electrons. The van der Waals surface area contributed by atoms with Gasteiger partial charge in [0, 0.05) is 5.25 Å². The van der Waals surface area contributed by atoms with Crippen LogP contribution in [-0.4, -0.2) is 5.25 Å². The summed E-state index contributed by atoms with van der Waals surface area (Å²) in [6, 6.07) is 0. The molecule has 4 fully saturated rings. The minimum absolute atomic E-state index is 0.663. The van der Waals surface area contributed by atoms with Gasteiger partial charge in [0.15, 0.2) is 0 Å². The van der Waals surface area contributed by atoms with E-state index in [0.717, 1.165) is 34.8 Å². The average molecular weight is 339 g/mol. The first-order chi connectivity index (χ1) is 10.5. The molecule has 0 amide bonds. The largest absolute Gasteiger partial charge is 0.111 e. The van der Waals surface area contributed by atoms with Gasteiger partial charge in [0.1, 0.15) is 0 Å². The lowest BCUT2D eigenvalue weighted by Crippen LogP contribution is -2.53. The molecule has 0 spiro atoms. The topological polar surface area (TPSA) is 0 Å². The van der Waals surface area contributed by atoms with Crippen LogP contribution in [-0.2, 0) is 0 Å². The maximum atomic E-state index is 4.53. The molecule has 0 saturated heterocycles. The second-order valence-electron chi connectivity index (χ2n) is 9.68. The van der Waals surface area contributed by atoms with Crippen molar-refractivity contribution < 1.29 is 0 Å². The van der Waals surface area contributed by atoms with Crippen molar-refractivity contribution >= 4 is 22.5 Å². The zero-order chi connectivity index (χ0) is 15.5. The molecule has 0 heterocycles. The van der Waals surface area contributed by atoms with E-state index in [4.69, 9.17) is 0 Å². The summed E-state index contributed by atoms with van der Waals surface area (Å²) in [6.07, 6.45) is 13.5. The molecular formula is C20H34S2. The highest BCUT2D eigenvalue weighted by Crippen LogP contribution is 2.67. The molecule has 2 heteroatoms. The lowest BCUT2D eigenvalue weighted by atomic mass is 9.45. The van der Waals surface area contributed by atoms with Gasteiger partial charge in [-0.05, 0) is 98.2 Å². The van der Waals surface area contributed by atoms with Crippen LogP contribution in [0.4, 0.5) is 0 Å². The van der Waals surface area contributed by atoms with E-state index in [-0.39, 0.29) is 0 Å². The second kappa shape index (κ2) is 5.61. The Balaban J connectivity index is 1.59. The fourth-order valence-corrected chi connectivity index (χ4v) is 8.69. The summed E-state index contributed by atoms with van der Waals surface area (Å²) in [5.74, 6) is 5.12. The van der Waals surface area contributed by atoms with Gasteiger partial charge in [-0.15, -0.1) is 11.7 Å². The summed E-state index contributed by atoms with van der Waals surface area (Å²) in [5, 5.41) is 0.832. The third-order valence-corrected chi connectivity index (χ3v) is 10.9. The van der Waals surface area contributed by atoms with Crippen LogP contribution in [0.15, 0.2) is 0 Å². The van der Waals surface area contributed by atoms with Gasteiger partial charge in [-0.3, -0.25) is 0 Å². The Bertz CT molecular complexity index is 435. The van der Waals surface area contributed by atoms with Gasteiger partial charge in [-0.1, -0.05) is 31.6 Å². The average Bonchev–Trinajstić information content (AvgIpc) is 2.82. The van der Waals surface area contributed by atoms with Crippen molar-refractivity contribution in [2.75, 3.05) is 0 Å². The Morgan fingerprint density at radius 2 is 1.59 bits per heavy atom. The molecule has 8 atom stereocenters. The first-order valence-electron chi connectivity index (χ1n) is 9.79. The van der Waals surface area contributed by atoms with Gasteiger partial charge in [0.05, 0.1) is 0 Å². The van der Waals surface area contributed by atoms with Crippen molar-refractivity contribution in [2.45, 2.75) is 83.8 Å². The summed E-state index contributed by atoms with van der Waals surface area (Å²) >= 11 is 4.53. The van der Waals surface area contributed by atoms with Gasteiger partial charge >= 0.3 is 0 Å². The Labute approximate surface area is 146 Å². The van der Waals surface area contributed by atoms with E-state index in [1.165, 1.54) is 51.4 Å². The molecule has 0 aliphatic heterocycles. The Kier molecular flexibility index (Phi) is 4.13. The Morgan fingerprint density at radius 1 is 0.864 bits per heavy atom. The zero-order valence-electron chi connectivity index (χ0n) is 14.7. The van der Waals surface area contributed by atoms with E-state index in [1.54, 1.807) is 6.42 Å². The highest BCUT2D eigenvalue weighted by molar-refractivity contribution is 8.68. The molecule has 0 nitrogen and oxygen atoms in total. The molecule has 0 bridgehead atoms. The smallest absolute Gasteiger partial charge is 0.0152 e. The normalized spacial score (nSPS) is 57.8. The predicted octanol–water partition coefficient (Wildman–Crippen LogP) is 6.61. The van der Waals surface area contributed by atoms with E-state index in [0.29, 0.717) is 10.8 Å². The maximum absolute atomic E-state index is 4.53. The SMILES string of the molecule is CC1CCC2C3CCC4CC(SS)CCC4(C)C3CCC12C. The van der Waals surface area contributed by atoms with Crippen LogP contribution in [0.25, 0.3) is 0 Å². The van der Waals surface area contributed by atoms with Crippen molar-refractivity contribution in [3.8, 4) is 0 Å². The lowest BCUT2D eigenvalue weighted by Gasteiger charge is -2.61. The van der Waals surface area contributed by atoms with Gasteiger partial charge in [0.2, 0.25) is 0 Å². The third kappa shape index (κ3) is 2.18. The molecule has 0 radical (unpaired) electrons. The summed E-state index contributed by atoms with van der Waals surface area (Å²) in [7, 11) is 1.84. The van der Waals surface area contributed by atoms with E-state index in [9.17, 15) is 0 Å². The number of fused-ring (bicyclic) bond motifs is 5. The fraction of sp³-hybridized carbons (Fsp3) is 1.00. The number of hydrogen-bond donors (Lipinski definition) is 1. The van der Waals surface area contributed by atoms with Crippen molar-refractivity contribution in [2.24, 2.45) is 40.4 Å². The van der Waals surface area contributed by atoms with Crippen LogP contribution >= 0.6 is 22.5 Å². The molecule has 22 heavy (non-hydrogen) atoms. The van der Waals surface area contributed by atoms with Crippen LogP contribution in [0.2, 0.25) is 0 Å². The number of hydrogen-bond acceptors (Lipinski definition) is 2. The van der Waals surface area contributed by atoms with Crippen LogP contribution in [0, 0.1) is 40.4 Å². The maximum Gasteiger partial charge on any atom is 0.0152 e. The van der Waals surface area contributed by atoms with Crippen LogP contribution in [0.1, 0.15) is 78.6 Å². The Morgan fingerprint density at radius 3 is 2.36 bits per heavy atom. The summed E-state index contributed by atoms with van der Waals surface area (Å²) in [4.78, 5) is 0. The molecule has 0 aromatic carbocycles. The molecule has 8 unspecified atom stereocenters. The van der Waals surface area contributed by atoms with Gasteiger partial charge in [-0.2, -0.15) is 0 Å². The van der Waals surface area contributed by atoms with E-state index in [2.05, 4.69) is 32.4 Å². The monoisotopic (exact) mass is 338 g/mol. The number of thiol groups is 1. The van der Waals surface area contributed by atoms with Crippen molar-refractivity contribution in [1.29, 1.82) is 0 Å². The third-order valence-electron chi connectivity index (χ3n) is 9.24. The second-order valence-corrected chi connectivity index (χ2v) is 11.2. The van der Waals surface area contributed by atoms with E-state index < -0.39 is 0 Å². The van der Waals surface area contributed by atoms with Crippen molar-refractivity contribution in [3.63, 3.8) is 0 Å². The van der Waals surface area contributed by atoms with E-state index >= 15 is 0 Å². The highest BCUT2D eigenvalue weighted by atomic mass is 33.1. The van der Waals surface area contributed by atoms with Gasteiger partial charge in [-0.25, -0.2) is 0 Å². The van der Waals surface area contributed by atoms with Crippen LogP contribution < -0.4 is 0 Å². The molecule has 0 aromatic heterocycles. The fourth-order valence-electron chi connectivity index (χ4n) is 7.58. The lowest BCUT2D eigenvalue weighted by molar-refractivity contribution is -0.108. The first-order valence-corrected chi connectivity index (χ1v) is 11.7. The summed E-state index contributed by atoms with van der Waals surface area (Å²) in [6.45, 7) is 7.88. The minimum Gasteiger partial charge on any atom is -0.111 e. The van der Waals surface area contributed by atoms with Crippen LogP contribution in [0.3, 0.4) is 0 Å². The molecule has 0 aromatic rings. The standard InChI is InChI=1S/C20H34S2/c1-13-4-7-17-16-6-5-14-12-15(22-21)8-10-20(14,3)18(16)9-11-19(13,17)2/h13-18,21H,4-12H2,1-3H3. The van der Waals surface area contributed by atoms with Gasteiger partial charge in [0.25, 0.3) is 0 Å². The van der Waals surface area contributed by atoms with Crippen molar-refractivity contribution in [1.82, 2.24) is 0 Å². The quantitative estimate of drug-likeness (QED) is 0.414. The molecular weight excluding hydrogens is 304 g/mol. The highest BCUT2D eigenvalue weighted by Gasteiger charge is 2.59. The predicted molar refractivity (Wildman–Crippen MR) is 101 cm³/mol. The summed E-state index contributed by atoms with van der Waals surface area (Å²) < 4.78 is 0. The molecule has 4 rings (SSSR count). The van der Waals surface area contributed by atoms with Crippen LogP contribution in [0.5, 0.6) is 0 Å². The zero-order valence-corrected chi connectivity index (χ0v) is 16.4. The Hall–Kier alpha value is 0.700. The molecule has 4 aliphatic carbocycles.